The molecule has 5 nitrogen and oxygen atoms in total. The number of nitrogens with one attached hydrogen (secondary N) is 1. The highest BCUT2D eigenvalue weighted by Crippen LogP contribution is 2.12. The molecule has 1 unspecified atom stereocenters. The maximum atomic E-state index is 11.3. The molecule has 0 aliphatic heterocycles. The molecule has 21 heavy (non-hydrogen) atoms. The first-order valence-electron chi connectivity index (χ1n) is 6.89. The van der Waals surface area contributed by atoms with Gasteiger partial charge < -0.3 is 20.7 Å². The van der Waals surface area contributed by atoms with Crippen LogP contribution in [-0.2, 0) is 11.3 Å². The van der Waals surface area contributed by atoms with Gasteiger partial charge in [0.05, 0.1) is 12.6 Å². The lowest BCUT2D eigenvalue weighted by atomic mass is 10.2. The van der Waals surface area contributed by atoms with Gasteiger partial charge in [-0.2, -0.15) is 0 Å². The van der Waals surface area contributed by atoms with E-state index >= 15 is 0 Å². The summed E-state index contributed by atoms with van der Waals surface area (Å²) in [7, 11) is 4.09. The molecule has 0 spiro atoms. The average Bonchev–Trinajstić information content (AvgIpc) is 2.42. The van der Waals surface area contributed by atoms with Gasteiger partial charge in [0.15, 0.2) is 0 Å². The summed E-state index contributed by atoms with van der Waals surface area (Å²) in [5, 5.41) is 2.77. The van der Waals surface area contributed by atoms with E-state index < -0.39 is 6.04 Å². The van der Waals surface area contributed by atoms with Crippen LogP contribution in [-0.4, -0.2) is 44.1 Å². The van der Waals surface area contributed by atoms with Crippen LogP contribution in [0, 0.1) is 0 Å². The Labute approximate surface area is 133 Å². The summed E-state index contributed by atoms with van der Waals surface area (Å²) in [6, 6.07) is 7.26. The summed E-state index contributed by atoms with van der Waals surface area (Å²) in [5.74, 6) is 0.708. The van der Waals surface area contributed by atoms with Crippen molar-refractivity contribution in [1.29, 1.82) is 0 Å². The monoisotopic (exact) mass is 315 g/mol. The molecule has 120 valence electrons. The van der Waals surface area contributed by atoms with Crippen LogP contribution in [0.2, 0.25) is 0 Å². The van der Waals surface area contributed by atoms with Crippen molar-refractivity contribution in [3.05, 3.63) is 29.8 Å². The van der Waals surface area contributed by atoms with Crippen LogP contribution >= 0.6 is 12.4 Å². The second kappa shape index (κ2) is 10.4. The van der Waals surface area contributed by atoms with E-state index in [-0.39, 0.29) is 18.3 Å². The van der Waals surface area contributed by atoms with Gasteiger partial charge in [0.2, 0.25) is 5.91 Å². The van der Waals surface area contributed by atoms with Gasteiger partial charge in [0.1, 0.15) is 5.75 Å². The van der Waals surface area contributed by atoms with Crippen LogP contribution in [0.4, 0.5) is 0 Å². The quantitative estimate of drug-likeness (QED) is 0.712. The van der Waals surface area contributed by atoms with E-state index in [1.54, 1.807) is 6.92 Å². The maximum absolute atomic E-state index is 11.3. The maximum Gasteiger partial charge on any atom is 0.236 e. The number of carbonyl (C=O) groups excluding carboxylic acids is 1. The van der Waals surface area contributed by atoms with E-state index in [4.69, 9.17) is 10.5 Å². The Morgan fingerprint density at radius 3 is 2.48 bits per heavy atom. The van der Waals surface area contributed by atoms with Crippen molar-refractivity contribution in [2.24, 2.45) is 5.73 Å². The van der Waals surface area contributed by atoms with Crippen molar-refractivity contribution in [3.8, 4) is 5.75 Å². The summed E-state index contributed by atoms with van der Waals surface area (Å²) < 4.78 is 5.64. The molecule has 0 radical (unpaired) electrons. The number of rotatable bonds is 8. The van der Waals surface area contributed by atoms with Gasteiger partial charge in [0.25, 0.3) is 0 Å². The van der Waals surface area contributed by atoms with Gasteiger partial charge in [-0.05, 0) is 45.1 Å². The van der Waals surface area contributed by atoms with Crippen LogP contribution in [0.1, 0.15) is 18.9 Å². The molecular formula is C15H26ClN3O2. The Morgan fingerprint density at radius 1 is 1.33 bits per heavy atom. The number of halogens is 1. The second-order valence-electron chi connectivity index (χ2n) is 5.16. The number of hydrogen-bond acceptors (Lipinski definition) is 4. The summed E-state index contributed by atoms with van der Waals surface area (Å²) in [5.41, 5.74) is 6.51. The Bertz CT molecular complexity index is 408. The molecule has 1 atom stereocenters. The fourth-order valence-corrected chi connectivity index (χ4v) is 1.62. The van der Waals surface area contributed by atoms with Gasteiger partial charge >= 0.3 is 0 Å². The zero-order valence-corrected chi connectivity index (χ0v) is 13.8. The second-order valence-corrected chi connectivity index (χ2v) is 5.16. The lowest BCUT2D eigenvalue weighted by Gasteiger charge is -2.11. The highest BCUT2D eigenvalue weighted by atomic mass is 35.5. The summed E-state index contributed by atoms with van der Waals surface area (Å²) in [6.07, 6.45) is 0.999. The minimum absolute atomic E-state index is 0. The van der Waals surface area contributed by atoms with Crippen LogP contribution in [0.15, 0.2) is 24.3 Å². The molecule has 0 aliphatic carbocycles. The zero-order chi connectivity index (χ0) is 15.0. The third-order valence-electron chi connectivity index (χ3n) is 2.82. The van der Waals surface area contributed by atoms with E-state index in [1.165, 1.54) is 0 Å². The Kier molecular flexibility index (Phi) is 9.78. The number of ether oxygens (including phenoxy) is 1. The first-order valence-corrected chi connectivity index (χ1v) is 6.89. The van der Waals surface area contributed by atoms with Crippen molar-refractivity contribution >= 4 is 18.3 Å². The lowest BCUT2D eigenvalue weighted by Crippen LogP contribution is -2.37. The number of amides is 1. The van der Waals surface area contributed by atoms with Crippen LogP contribution in [0.3, 0.4) is 0 Å². The molecule has 1 amide bonds. The molecule has 1 aromatic carbocycles. The SMILES string of the molecule is CC(N)C(=O)NCc1ccc(OCCCN(C)C)cc1.Cl. The first-order chi connectivity index (χ1) is 9.49. The number of nitrogens with two attached hydrogens (primary N) is 1. The molecule has 0 saturated carbocycles. The number of benzene rings is 1. The standard InChI is InChI=1S/C15H25N3O2.ClH/c1-12(16)15(19)17-11-13-5-7-14(8-6-13)20-10-4-9-18(2)3;/h5-8,12H,4,9-11,16H2,1-3H3,(H,17,19);1H. The molecule has 0 aliphatic rings. The molecule has 0 bridgehead atoms. The number of nitrogens with zero attached hydrogens (tertiary/aromatic N) is 1. The van der Waals surface area contributed by atoms with Gasteiger partial charge in [-0.3, -0.25) is 4.79 Å². The smallest absolute Gasteiger partial charge is 0.236 e. The van der Waals surface area contributed by atoms with E-state index in [9.17, 15) is 4.79 Å². The summed E-state index contributed by atoms with van der Waals surface area (Å²) >= 11 is 0. The topological polar surface area (TPSA) is 67.6 Å². The minimum Gasteiger partial charge on any atom is -0.494 e. The van der Waals surface area contributed by atoms with Gasteiger partial charge in [-0.15, -0.1) is 12.4 Å². The molecule has 1 rings (SSSR count). The molecule has 1 aromatic rings. The third kappa shape index (κ3) is 8.55. The Hall–Kier alpha value is -1.30. The largest absolute Gasteiger partial charge is 0.494 e. The fraction of sp³-hybridized carbons (Fsp3) is 0.533. The van der Waals surface area contributed by atoms with Crippen LogP contribution < -0.4 is 15.8 Å². The normalized spacial score (nSPS) is 11.7. The third-order valence-corrected chi connectivity index (χ3v) is 2.82. The van der Waals surface area contributed by atoms with Crippen molar-refractivity contribution < 1.29 is 9.53 Å². The molecule has 3 N–H and O–H groups in total. The Balaban J connectivity index is 0.00000400. The zero-order valence-electron chi connectivity index (χ0n) is 13.0. The average molecular weight is 316 g/mol. The molecule has 0 heterocycles. The predicted molar refractivity (Wildman–Crippen MR) is 87.9 cm³/mol. The number of carbonyl (C=O) groups is 1. The van der Waals surface area contributed by atoms with E-state index in [0.29, 0.717) is 13.2 Å². The van der Waals surface area contributed by atoms with E-state index in [1.807, 2.05) is 38.4 Å². The summed E-state index contributed by atoms with van der Waals surface area (Å²) in [6.45, 7) is 3.88. The molecule has 0 fully saturated rings. The first kappa shape index (κ1) is 19.7. The van der Waals surface area contributed by atoms with E-state index in [2.05, 4.69) is 10.2 Å². The van der Waals surface area contributed by atoms with Gasteiger partial charge in [0, 0.05) is 13.1 Å². The highest BCUT2D eigenvalue weighted by molar-refractivity contribution is 5.85. The van der Waals surface area contributed by atoms with Crippen LogP contribution in [0.25, 0.3) is 0 Å². The van der Waals surface area contributed by atoms with Crippen LogP contribution in [0.5, 0.6) is 5.75 Å². The predicted octanol–water partition coefficient (Wildman–Crippen LogP) is 1.40. The Morgan fingerprint density at radius 2 is 1.95 bits per heavy atom. The highest BCUT2D eigenvalue weighted by Gasteiger charge is 2.06. The minimum atomic E-state index is -0.477. The van der Waals surface area contributed by atoms with E-state index in [0.717, 1.165) is 24.3 Å². The number of hydrogen-bond donors (Lipinski definition) is 2. The molecule has 0 saturated heterocycles. The fourth-order valence-electron chi connectivity index (χ4n) is 1.62. The van der Waals surface area contributed by atoms with Crippen molar-refractivity contribution in [1.82, 2.24) is 10.2 Å². The molecular weight excluding hydrogens is 290 g/mol. The van der Waals surface area contributed by atoms with Crippen molar-refractivity contribution in [2.45, 2.75) is 25.9 Å². The van der Waals surface area contributed by atoms with Crippen molar-refractivity contribution in [3.63, 3.8) is 0 Å². The molecule has 6 heteroatoms. The molecule has 0 aromatic heterocycles. The van der Waals surface area contributed by atoms with Gasteiger partial charge in [-0.1, -0.05) is 12.1 Å². The summed E-state index contributed by atoms with van der Waals surface area (Å²) in [4.78, 5) is 13.5. The van der Waals surface area contributed by atoms with Crippen molar-refractivity contribution in [2.75, 3.05) is 27.2 Å². The lowest BCUT2D eigenvalue weighted by molar-refractivity contribution is -0.122. The van der Waals surface area contributed by atoms with Gasteiger partial charge in [-0.25, -0.2) is 0 Å².